The zero-order valence-corrected chi connectivity index (χ0v) is 15.0. The molecule has 0 spiro atoms. The van der Waals surface area contributed by atoms with E-state index in [1.54, 1.807) is 0 Å². The van der Waals surface area contributed by atoms with Gasteiger partial charge in [0, 0.05) is 22.8 Å². The molecule has 0 saturated carbocycles. The van der Waals surface area contributed by atoms with Crippen molar-refractivity contribution in [3.63, 3.8) is 0 Å². The molecular weight excluding hydrogens is 356 g/mol. The lowest BCUT2D eigenvalue weighted by Gasteiger charge is -2.21. The zero-order valence-electron chi connectivity index (χ0n) is 13.4. The van der Waals surface area contributed by atoms with E-state index >= 15 is 0 Å². The molecule has 0 aromatic heterocycles. The van der Waals surface area contributed by atoms with Crippen LogP contribution in [0, 0.1) is 13.8 Å². The van der Waals surface area contributed by atoms with Crippen molar-refractivity contribution in [2.75, 3.05) is 16.8 Å². The fourth-order valence-corrected chi connectivity index (χ4v) is 2.50. The lowest BCUT2D eigenvalue weighted by Crippen LogP contribution is -2.36. The Hall–Kier alpha value is -2.14. The normalized spacial score (nSPS) is 10.3. The van der Waals surface area contributed by atoms with Gasteiger partial charge in [-0.15, -0.1) is 0 Å². The van der Waals surface area contributed by atoms with Gasteiger partial charge in [-0.25, -0.2) is 0 Å². The first-order chi connectivity index (χ1) is 10.9. The van der Waals surface area contributed by atoms with Crippen LogP contribution < -0.4 is 10.2 Å². The summed E-state index contributed by atoms with van der Waals surface area (Å²) >= 11 is 3.44. The lowest BCUT2D eigenvalue weighted by molar-refractivity contribution is -0.120. The number of carbonyl (C=O) groups is 2. The van der Waals surface area contributed by atoms with E-state index in [-0.39, 0.29) is 18.4 Å². The Bertz CT molecular complexity index is 726. The minimum absolute atomic E-state index is 0.0239. The summed E-state index contributed by atoms with van der Waals surface area (Å²) in [5.41, 5.74) is 3.60. The molecule has 0 atom stereocenters. The van der Waals surface area contributed by atoms with E-state index in [4.69, 9.17) is 0 Å². The molecular formula is C18H19BrN2O2. The van der Waals surface area contributed by atoms with Crippen molar-refractivity contribution in [1.29, 1.82) is 0 Å². The van der Waals surface area contributed by atoms with Crippen molar-refractivity contribution in [1.82, 2.24) is 0 Å². The van der Waals surface area contributed by atoms with Crippen LogP contribution in [0.1, 0.15) is 18.1 Å². The summed E-state index contributed by atoms with van der Waals surface area (Å²) in [4.78, 5) is 25.6. The third kappa shape index (κ3) is 4.66. The zero-order chi connectivity index (χ0) is 17.0. The smallest absolute Gasteiger partial charge is 0.244 e. The molecule has 0 fully saturated rings. The van der Waals surface area contributed by atoms with Crippen molar-refractivity contribution in [3.8, 4) is 0 Å². The highest BCUT2D eigenvalue weighted by Crippen LogP contribution is 2.21. The molecule has 0 heterocycles. The monoisotopic (exact) mass is 374 g/mol. The maximum absolute atomic E-state index is 12.2. The van der Waals surface area contributed by atoms with E-state index in [0.29, 0.717) is 11.4 Å². The second-order valence-corrected chi connectivity index (χ2v) is 6.31. The minimum Gasteiger partial charge on any atom is -0.324 e. The number of benzene rings is 2. The first kappa shape index (κ1) is 17.2. The summed E-state index contributed by atoms with van der Waals surface area (Å²) in [7, 11) is 0. The van der Waals surface area contributed by atoms with Crippen molar-refractivity contribution >= 4 is 39.1 Å². The van der Waals surface area contributed by atoms with Gasteiger partial charge in [0.1, 0.15) is 6.54 Å². The number of aryl methyl sites for hydroxylation is 2. The topological polar surface area (TPSA) is 49.4 Å². The minimum atomic E-state index is -0.239. The highest BCUT2D eigenvalue weighted by Gasteiger charge is 2.16. The summed E-state index contributed by atoms with van der Waals surface area (Å²) in [6, 6.07) is 13.1. The van der Waals surface area contributed by atoms with Crippen LogP contribution in [0.15, 0.2) is 46.9 Å². The largest absolute Gasteiger partial charge is 0.324 e. The average molecular weight is 375 g/mol. The van der Waals surface area contributed by atoms with E-state index < -0.39 is 0 Å². The van der Waals surface area contributed by atoms with Crippen LogP contribution in [0.5, 0.6) is 0 Å². The van der Waals surface area contributed by atoms with E-state index in [2.05, 4.69) is 21.2 Å². The second kappa shape index (κ2) is 7.42. The first-order valence-electron chi connectivity index (χ1n) is 7.27. The Morgan fingerprint density at radius 1 is 1.09 bits per heavy atom. The summed E-state index contributed by atoms with van der Waals surface area (Å²) in [5, 5.41) is 2.81. The van der Waals surface area contributed by atoms with Gasteiger partial charge in [-0.05, 0) is 43.7 Å². The number of carbonyl (C=O) groups excluding carboxylic acids is 2. The molecule has 0 saturated heterocycles. The van der Waals surface area contributed by atoms with Crippen LogP contribution in [-0.2, 0) is 9.59 Å². The number of halogens is 1. The van der Waals surface area contributed by atoms with Gasteiger partial charge in [-0.2, -0.15) is 0 Å². The lowest BCUT2D eigenvalue weighted by atomic mass is 10.2. The number of hydrogen-bond acceptors (Lipinski definition) is 2. The molecule has 2 aromatic carbocycles. The highest BCUT2D eigenvalue weighted by atomic mass is 79.9. The van der Waals surface area contributed by atoms with Gasteiger partial charge < -0.3 is 10.2 Å². The molecule has 0 bridgehead atoms. The van der Waals surface area contributed by atoms with Crippen LogP contribution in [0.3, 0.4) is 0 Å². The third-order valence-corrected chi connectivity index (χ3v) is 4.34. The summed E-state index contributed by atoms with van der Waals surface area (Å²) in [5.74, 6) is -0.411. The van der Waals surface area contributed by atoms with Gasteiger partial charge >= 0.3 is 0 Å². The molecule has 2 amide bonds. The Labute approximate surface area is 144 Å². The number of nitrogens with one attached hydrogen (secondary N) is 1. The predicted octanol–water partition coefficient (Wildman–Crippen LogP) is 4.06. The number of rotatable bonds is 4. The Kier molecular flexibility index (Phi) is 5.55. The molecule has 120 valence electrons. The molecule has 5 heteroatoms. The van der Waals surface area contributed by atoms with Gasteiger partial charge in [-0.3, -0.25) is 9.59 Å². The number of hydrogen-bond donors (Lipinski definition) is 1. The van der Waals surface area contributed by atoms with E-state index in [1.807, 2.05) is 56.3 Å². The Morgan fingerprint density at radius 3 is 2.30 bits per heavy atom. The molecule has 2 aromatic rings. The quantitative estimate of drug-likeness (QED) is 0.876. The summed E-state index contributed by atoms with van der Waals surface area (Å²) < 4.78 is 0.928. The maximum atomic E-state index is 12.2. The van der Waals surface area contributed by atoms with E-state index in [0.717, 1.165) is 15.6 Å². The second-order valence-electron chi connectivity index (χ2n) is 5.45. The molecule has 0 radical (unpaired) electrons. The average Bonchev–Trinajstić information content (AvgIpc) is 2.49. The van der Waals surface area contributed by atoms with Crippen LogP contribution in [0.25, 0.3) is 0 Å². The predicted molar refractivity (Wildman–Crippen MR) is 96.7 cm³/mol. The Morgan fingerprint density at radius 2 is 1.74 bits per heavy atom. The van der Waals surface area contributed by atoms with Crippen LogP contribution in [-0.4, -0.2) is 18.4 Å². The number of amides is 2. The van der Waals surface area contributed by atoms with Gasteiger partial charge in [0.15, 0.2) is 0 Å². The van der Waals surface area contributed by atoms with E-state index in [9.17, 15) is 9.59 Å². The number of anilines is 2. The molecule has 0 aliphatic rings. The first-order valence-corrected chi connectivity index (χ1v) is 8.07. The van der Waals surface area contributed by atoms with Gasteiger partial charge in [0.25, 0.3) is 0 Å². The van der Waals surface area contributed by atoms with Gasteiger partial charge in [0.2, 0.25) is 11.8 Å². The van der Waals surface area contributed by atoms with Crippen LogP contribution in [0.2, 0.25) is 0 Å². The summed E-state index contributed by atoms with van der Waals surface area (Å²) in [6.45, 7) is 5.38. The molecule has 23 heavy (non-hydrogen) atoms. The van der Waals surface area contributed by atoms with E-state index in [1.165, 1.54) is 11.8 Å². The molecule has 1 N–H and O–H groups in total. The van der Waals surface area contributed by atoms with Gasteiger partial charge in [-0.1, -0.05) is 39.7 Å². The maximum Gasteiger partial charge on any atom is 0.244 e. The molecule has 4 nitrogen and oxygen atoms in total. The van der Waals surface area contributed by atoms with Gasteiger partial charge in [0.05, 0.1) is 0 Å². The van der Waals surface area contributed by atoms with Crippen LogP contribution in [0.4, 0.5) is 11.4 Å². The molecule has 2 rings (SSSR count). The Balaban J connectivity index is 2.10. The van der Waals surface area contributed by atoms with Crippen molar-refractivity contribution in [2.45, 2.75) is 20.8 Å². The SMILES string of the molecule is CC(=O)N(CC(=O)Nc1ccc(C)c(Br)c1)c1ccc(C)cc1. The molecule has 0 aliphatic carbocycles. The van der Waals surface area contributed by atoms with Crippen molar-refractivity contribution < 1.29 is 9.59 Å². The standard InChI is InChI=1S/C18H19BrN2O2/c1-12-4-8-16(9-5-12)21(14(3)22)11-18(23)20-15-7-6-13(2)17(19)10-15/h4-10H,11H2,1-3H3,(H,20,23). The summed E-state index contributed by atoms with van der Waals surface area (Å²) in [6.07, 6.45) is 0. The highest BCUT2D eigenvalue weighted by molar-refractivity contribution is 9.10. The molecule has 0 unspecified atom stereocenters. The fourth-order valence-electron chi connectivity index (χ4n) is 2.12. The number of nitrogens with zero attached hydrogens (tertiary/aromatic N) is 1. The van der Waals surface area contributed by atoms with Crippen molar-refractivity contribution in [3.05, 3.63) is 58.1 Å². The third-order valence-electron chi connectivity index (χ3n) is 3.48. The molecule has 0 aliphatic heterocycles. The fraction of sp³-hybridized carbons (Fsp3) is 0.222. The van der Waals surface area contributed by atoms with Crippen molar-refractivity contribution in [2.24, 2.45) is 0 Å². The van der Waals surface area contributed by atoms with Crippen LogP contribution >= 0.6 is 15.9 Å².